The molecule has 4 rings (SSSR count). The Kier molecular flexibility index (Phi) is 9.25. The van der Waals surface area contributed by atoms with Crippen molar-refractivity contribution in [2.75, 3.05) is 0 Å². The van der Waals surface area contributed by atoms with Gasteiger partial charge in [0, 0.05) is 18.5 Å². The molecule has 2 aromatic heterocycles. The molecule has 38 heavy (non-hydrogen) atoms. The van der Waals surface area contributed by atoms with Crippen molar-refractivity contribution < 1.29 is 9.53 Å². The Morgan fingerprint density at radius 2 is 1.87 bits per heavy atom. The van der Waals surface area contributed by atoms with Gasteiger partial charge in [0.15, 0.2) is 5.15 Å². The SMILES string of the molecule is CCCCc1nc(Cl)c(COC(=O)[C@@H](N)[C@H](C)CC)n1Cc1ccc(-c2ccccc2-c2nn[nH]n2)cc1. The number of carbonyl (C=O) groups excluding carboxylic acids is 1. The molecule has 0 unspecified atom stereocenters. The molecule has 3 N–H and O–H groups in total. The Morgan fingerprint density at radius 3 is 2.53 bits per heavy atom. The lowest BCUT2D eigenvalue weighted by molar-refractivity contribution is -0.148. The number of ether oxygens (including phenoxy) is 1. The molecule has 0 saturated carbocycles. The number of esters is 1. The van der Waals surface area contributed by atoms with Crippen LogP contribution in [-0.2, 0) is 29.1 Å². The van der Waals surface area contributed by atoms with Gasteiger partial charge in [0.2, 0.25) is 5.82 Å². The number of H-pyrrole nitrogens is 1. The highest BCUT2D eigenvalue weighted by atomic mass is 35.5. The van der Waals surface area contributed by atoms with Crippen molar-refractivity contribution in [1.29, 1.82) is 0 Å². The van der Waals surface area contributed by atoms with Crippen molar-refractivity contribution in [3.8, 4) is 22.5 Å². The highest BCUT2D eigenvalue weighted by molar-refractivity contribution is 6.30. The Hall–Kier alpha value is -3.56. The molecule has 4 aromatic rings. The van der Waals surface area contributed by atoms with Crippen LogP contribution in [0.2, 0.25) is 5.15 Å². The average molecular weight is 536 g/mol. The number of imidazole rings is 1. The lowest BCUT2D eigenvalue weighted by Gasteiger charge is -2.18. The highest BCUT2D eigenvalue weighted by Gasteiger charge is 2.23. The maximum absolute atomic E-state index is 12.5. The van der Waals surface area contributed by atoms with Crippen molar-refractivity contribution in [3.05, 3.63) is 70.8 Å². The number of aryl methyl sites for hydroxylation is 1. The second kappa shape index (κ2) is 12.8. The second-order valence-corrected chi connectivity index (χ2v) is 9.81. The summed E-state index contributed by atoms with van der Waals surface area (Å²) in [7, 11) is 0. The van der Waals surface area contributed by atoms with Crippen molar-refractivity contribution in [2.24, 2.45) is 11.7 Å². The van der Waals surface area contributed by atoms with Crippen LogP contribution < -0.4 is 5.73 Å². The molecule has 2 atom stereocenters. The third-order valence-corrected chi connectivity index (χ3v) is 7.16. The van der Waals surface area contributed by atoms with E-state index in [2.05, 4.69) is 61.4 Å². The van der Waals surface area contributed by atoms with Gasteiger partial charge in [-0.15, -0.1) is 10.2 Å². The van der Waals surface area contributed by atoms with E-state index < -0.39 is 12.0 Å². The quantitative estimate of drug-likeness (QED) is 0.239. The van der Waals surface area contributed by atoms with Gasteiger partial charge < -0.3 is 15.0 Å². The number of nitrogens with one attached hydrogen (secondary N) is 1. The van der Waals surface area contributed by atoms with Gasteiger partial charge in [-0.1, -0.05) is 93.7 Å². The minimum atomic E-state index is -0.669. The van der Waals surface area contributed by atoms with Gasteiger partial charge in [-0.25, -0.2) is 4.98 Å². The zero-order valence-corrected chi connectivity index (χ0v) is 22.8. The van der Waals surface area contributed by atoms with Gasteiger partial charge in [-0.05, 0) is 34.2 Å². The van der Waals surface area contributed by atoms with Gasteiger partial charge >= 0.3 is 5.97 Å². The molecule has 9 nitrogen and oxygen atoms in total. The predicted octanol–water partition coefficient (Wildman–Crippen LogP) is 5.19. The first-order valence-corrected chi connectivity index (χ1v) is 13.4. The fraction of sp³-hybridized carbons (Fsp3) is 0.393. The van der Waals surface area contributed by atoms with Crippen molar-refractivity contribution >= 4 is 17.6 Å². The molecule has 0 fully saturated rings. The molecule has 2 aromatic carbocycles. The summed E-state index contributed by atoms with van der Waals surface area (Å²) < 4.78 is 7.64. The molecule has 0 bridgehead atoms. The lowest BCUT2D eigenvalue weighted by Crippen LogP contribution is -2.38. The molecular weight excluding hydrogens is 502 g/mol. The van der Waals surface area contributed by atoms with Crippen LogP contribution in [0.25, 0.3) is 22.5 Å². The van der Waals surface area contributed by atoms with E-state index in [1.165, 1.54) is 0 Å². The number of aromatic amines is 1. The standard InChI is InChI=1S/C28H34ClN7O2/c1-4-6-11-24-31-26(29)23(17-38-28(37)25(30)18(3)5-2)36(24)16-19-12-14-20(15-13-19)21-9-7-8-10-22(21)27-32-34-35-33-27/h7-10,12-15,18,25H,4-6,11,16-17,30H2,1-3H3,(H,32,33,34,35)/t18-,25+/m1/s1. The number of carbonyl (C=O) groups is 1. The number of halogens is 1. The number of nitrogens with zero attached hydrogens (tertiary/aromatic N) is 5. The van der Waals surface area contributed by atoms with Gasteiger partial charge in [-0.2, -0.15) is 5.21 Å². The summed E-state index contributed by atoms with van der Waals surface area (Å²) in [6.07, 6.45) is 3.60. The second-order valence-electron chi connectivity index (χ2n) is 9.45. The molecular formula is C28H34ClN7O2. The van der Waals surface area contributed by atoms with Crippen LogP contribution in [0.5, 0.6) is 0 Å². The van der Waals surface area contributed by atoms with Crippen molar-refractivity contribution in [3.63, 3.8) is 0 Å². The number of hydrogen-bond donors (Lipinski definition) is 2. The number of aromatic nitrogens is 6. The van der Waals surface area contributed by atoms with Gasteiger partial charge in [-0.3, -0.25) is 4.79 Å². The zero-order valence-electron chi connectivity index (χ0n) is 22.0. The molecule has 0 radical (unpaired) electrons. The first kappa shape index (κ1) is 27.5. The summed E-state index contributed by atoms with van der Waals surface area (Å²) in [5.74, 6) is 1.03. The number of benzene rings is 2. The minimum Gasteiger partial charge on any atom is -0.458 e. The minimum absolute atomic E-state index is 0.0249. The summed E-state index contributed by atoms with van der Waals surface area (Å²) >= 11 is 6.55. The van der Waals surface area contributed by atoms with Crippen molar-refractivity contribution in [2.45, 2.75) is 65.6 Å². The third-order valence-electron chi connectivity index (χ3n) is 6.86. The number of rotatable bonds is 12. The first-order valence-electron chi connectivity index (χ1n) is 13.0. The number of hydrogen-bond acceptors (Lipinski definition) is 7. The van der Waals surface area contributed by atoms with Crippen LogP contribution in [-0.4, -0.2) is 42.2 Å². The van der Waals surface area contributed by atoms with Crippen LogP contribution in [0.3, 0.4) is 0 Å². The fourth-order valence-electron chi connectivity index (χ4n) is 4.26. The maximum Gasteiger partial charge on any atom is 0.323 e. The number of nitrogens with two attached hydrogens (primary N) is 1. The fourth-order valence-corrected chi connectivity index (χ4v) is 4.51. The Bertz CT molecular complexity index is 1340. The predicted molar refractivity (Wildman–Crippen MR) is 147 cm³/mol. The summed E-state index contributed by atoms with van der Waals surface area (Å²) in [4.78, 5) is 17.1. The largest absolute Gasteiger partial charge is 0.458 e. The summed E-state index contributed by atoms with van der Waals surface area (Å²) in [6, 6.07) is 15.6. The molecule has 0 amide bonds. The highest BCUT2D eigenvalue weighted by Crippen LogP contribution is 2.30. The number of unbranched alkanes of at least 4 members (excludes halogenated alkanes) is 1. The van der Waals surface area contributed by atoms with Crippen LogP contribution in [0.15, 0.2) is 48.5 Å². The molecule has 0 saturated heterocycles. The molecule has 2 heterocycles. The van der Waals surface area contributed by atoms with E-state index >= 15 is 0 Å². The Balaban J connectivity index is 1.57. The van der Waals surface area contributed by atoms with Gasteiger partial charge in [0.05, 0.1) is 5.69 Å². The number of tetrazole rings is 1. The van der Waals surface area contributed by atoms with E-state index in [4.69, 9.17) is 22.1 Å². The summed E-state index contributed by atoms with van der Waals surface area (Å²) in [5.41, 5.74) is 10.8. The monoisotopic (exact) mass is 535 g/mol. The van der Waals surface area contributed by atoms with Gasteiger partial charge in [0.25, 0.3) is 0 Å². The first-order chi connectivity index (χ1) is 18.4. The van der Waals surface area contributed by atoms with Crippen LogP contribution in [0.4, 0.5) is 0 Å². The molecule has 0 aliphatic heterocycles. The zero-order chi connectivity index (χ0) is 27.1. The molecule has 0 spiro atoms. The molecule has 200 valence electrons. The summed E-state index contributed by atoms with van der Waals surface area (Å²) in [5, 5.41) is 14.8. The normalized spacial score (nSPS) is 12.9. The Morgan fingerprint density at radius 1 is 1.13 bits per heavy atom. The van der Waals surface area contributed by atoms with E-state index in [9.17, 15) is 4.79 Å². The van der Waals surface area contributed by atoms with E-state index in [1.54, 1.807) is 0 Å². The Labute approximate surface area is 227 Å². The van der Waals surface area contributed by atoms with Crippen LogP contribution in [0.1, 0.15) is 57.1 Å². The summed E-state index contributed by atoms with van der Waals surface area (Å²) in [6.45, 7) is 6.65. The molecule has 10 heteroatoms. The molecule has 0 aliphatic carbocycles. The van der Waals surface area contributed by atoms with E-state index in [0.717, 1.165) is 53.8 Å². The third kappa shape index (κ3) is 6.28. The van der Waals surface area contributed by atoms with Crippen LogP contribution >= 0.6 is 11.6 Å². The average Bonchev–Trinajstić information content (AvgIpc) is 3.58. The topological polar surface area (TPSA) is 125 Å². The van der Waals surface area contributed by atoms with Crippen LogP contribution in [0, 0.1) is 5.92 Å². The maximum atomic E-state index is 12.5. The van der Waals surface area contributed by atoms with Crippen molar-refractivity contribution in [1.82, 2.24) is 30.2 Å². The van der Waals surface area contributed by atoms with E-state index in [-0.39, 0.29) is 12.5 Å². The van der Waals surface area contributed by atoms with E-state index in [0.29, 0.717) is 23.2 Å². The molecule has 0 aliphatic rings. The van der Waals surface area contributed by atoms with E-state index in [1.807, 2.05) is 38.1 Å². The lowest BCUT2D eigenvalue weighted by atomic mass is 9.98. The smallest absolute Gasteiger partial charge is 0.323 e. The van der Waals surface area contributed by atoms with Gasteiger partial charge in [0.1, 0.15) is 18.5 Å².